The van der Waals surface area contributed by atoms with Gasteiger partial charge < -0.3 is 10.1 Å². The average molecular weight is 289 g/mol. The van der Waals surface area contributed by atoms with Crippen LogP contribution in [0.15, 0.2) is 36.5 Å². The number of hydrogen-bond donors (Lipinski definition) is 1. The fraction of sp³-hybridized carbons (Fsp3) is 0.312. The number of methoxy groups -OCH3 is 1. The number of halogens is 1. The van der Waals surface area contributed by atoms with Crippen LogP contribution >= 0.6 is 11.6 Å². The Kier molecular flexibility index (Phi) is 3.90. The maximum Gasteiger partial charge on any atom is 0.145 e. The van der Waals surface area contributed by atoms with Crippen LogP contribution in [0.25, 0.3) is 11.3 Å². The van der Waals surface area contributed by atoms with Crippen LogP contribution in [-0.4, -0.2) is 18.1 Å². The molecule has 0 amide bonds. The molecule has 20 heavy (non-hydrogen) atoms. The quantitative estimate of drug-likeness (QED) is 0.912. The monoisotopic (exact) mass is 288 g/mol. The van der Waals surface area contributed by atoms with E-state index in [-0.39, 0.29) is 0 Å². The molecule has 0 unspecified atom stereocenters. The van der Waals surface area contributed by atoms with Gasteiger partial charge in [0, 0.05) is 24.3 Å². The fourth-order valence-electron chi connectivity index (χ4n) is 2.17. The topological polar surface area (TPSA) is 34.1 Å². The normalized spacial score (nSPS) is 14.3. The van der Waals surface area contributed by atoms with Crippen LogP contribution in [0.5, 0.6) is 5.75 Å². The second-order valence-corrected chi connectivity index (χ2v) is 5.43. The highest BCUT2D eigenvalue weighted by Crippen LogP contribution is 2.33. The molecule has 2 aromatic rings. The van der Waals surface area contributed by atoms with Gasteiger partial charge in [-0.05, 0) is 36.6 Å². The van der Waals surface area contributed by atoms with Crippen molar-refractivity contribution in [1.29, 1.82) is 0 Å². The minimum atomic E-state index is 0.698. The number of ether oxygens (including phenoxy) is 1. The van der Waals surface area contributed by atoms with Gasteiger partial charge in [0.1, 0.15) is 11.4 Å². The number of pyridine rings is 1. The molecule has 104 valence electrons. The summed E-state index contributed by atoms with van der Waals surface area (Å²) in [6, 6.07) is 10.5. The van der Waals surface area contributed by atoms with E-state index in [0.717, 1.165) is 23.6 Å². The van der Waals surface area contributed by atoms with Crippen molar-refractivity contribution in [3.63, 3.8) is 0 Å². The molecule has 0 saturated heterocycles. The minimum absolute atomic E-state index is 0.698. The number of hydrogen-bond acceptors (Lipinski definition) is 3. The van der Waals surface area contributed by atoms with Crippen molar-refractivity contribution >= 4 is 11.6 Å². The number of nitrogens with one attached hydrogen (secondary N) is 1. The maximum absolute atomic E-state index is 6.40. The van der Waals surface area contributed by atoms with Crippen LogP contribution in [0.3, 0.4) is 0 Å². The first kappa shape index (κ1) is 13.4. The van der Waals surface area contributed by atoms with E-state index >= 15 is 0 Å². The average Bonchev–Trinajstić information content (AvgIpc) is 3.29. The molecule has 0 atom stereocenters. The van der Waals surface area contributed by atoms with E-state index in [1.54, 1.807) is 13.3 Å². The molecule has 0 radical (unpaired) electrons. The van der Waals surface area contributed by atoms with Gasteiger partial charge in [-0.15, -0.1) is 0 Å². The smallest absolute Gasteiger partial charge is 0.145 e. The third kappa shape index (κ3) is 2.94. The summed E-state index contributed by atoms with van der Waals surface area (Å²) in [4.78, 5) is 4.37. The van der Waals surface area contributed by atoms with E-state index in [0.29, 0.717) is 11.1 Å². The molecule has 0 spiro atoms. The summed E-state index contributed by atoms with van der Waals surface area (Å²) in [6.07, 6.45) is 4.32. The third-order valence-corrected chi connectivity index (χ3v) is 3.76. The number of nitrogens with zero attached hydrogens (tertiary/aromatic N) is 1. The Morgan fingerprint density at radius 2 is 2.20 bits per heavy atom. The molecule has 1 aliphatic rings. The van der Waals surface area contributed by atoms with Crippen molar-refractivity contribution in [2.45, 2.75) is 25.4 Å². The largest absolute Gasteiger partial charge is 0.494 e. The SMILES string of the molecule is COc1cccnc1-c1ccc(CNC2CC2)cc1Cl. The van der Waals surface area contributed by atoms with Gasteiger partial charge in [0.05, 0.1) is 12.1 Å². The molecule has 0 aliphatic heterocycles. The van der Waals surface area contributed by atoms with E-state index in [1.807, 2.05) is 24.3 Å². The Labute approximate surface area is 123 Å². The van der Waals surface area contributed by atoms with Gasteiger partial charge in [0.2, 0.25) is 0 Å². The van der Waals surface area contributed by atoms with Crippen LogP contribution in [0.1, 0.15) is 18.4 Å². The fourth-order valence-corrected chi connectivity index (χ4v) is 2.46. The molecule has 0 bridgehead atoms. The highest BCUT2D eigenvalue weighted by Gasteiger charge is 2.20. The Morgan fingerprint density at radius 1 is 1.35 bits per heavy atom. The van der Waals surface area contributed by atoms with E-state index in [4.69, 9.17) is 16.3 Å². The van der Waals surface area contributed by atoms with Gasteiger partial charge in [-0.25, -0.2) is 0 Å². The van der Waals surface area contributed by atoms with Crippen LogP contribution < -0.4 is 10.1 Å². The van der Waals surface area contributed by atoms with Gasteiger partial charge in [-0.3, -0.25) is 4.98 Å². The lowest BCUT2D eigenvalue weighted by Gasteiger charge is -2.10. The molecule has 3 nitrogen and oxygen atoms in total. The standard InChI is InChI=1S/C16H17ClN2O/c1-20-15-3-2-8-18-16(15)13-7-4-11(9-14(13)17)10-19-12-5-6-12/h2-4,7-9,12,19H,5-6,10H2,1H3. The summed E-state index contributed by atoms with van der Waals surface area (Å²) >= 11 is 6.40. The highest BCUT2D eigenvalue weighted by atomic mass is 35.5. The second kappa shape index (κ2) is 5.81. The summed E-state index contributed by atoms with van der Waals surface area (Å²) in [7, 11) is 1.64. The molecule has 4 heteroatoms. The van der Waals surface area contributed by atoms with Crippen molar-refractivity contribution in [3.8, 4) is 17.0 Å². The second-order valence-electron chi connectivity index (χ2n) is 5.02. The van der Waals surface area contributed by atoms with Gasteiger partial charge in [-0.1, -0.05) is 23.7 Å². The van der Waals surface area contributed by atoms with Crippen molar-refractivity contribution in [2.24, 2.45) is 0 Å². The van der Waals surface area contributed by atoms with Crippen LogP contribution in [0.4, 0.5) is 0 Å². The molecule has 1 aliphatic carbocycles. The van der Waals surface area contributed by atoms with E-state index in [9.17, 15) is 0 Å². The molecule has 3 rings (SSSR count). The molecular formula is C16H17ClN2O. The summed E-state index contributed by atoms with van der Waals surface area (Å²) in [6.45, 7) is 0.865. The predicted molar refractivity (Wildman–Crippen MR) is 81.1 cm³/mol. The van der Waals surface area contributed by atoms with Crippen LogP contribution in [0, 0.1) is 0 Å². The molecule has 1 heterocycles. The van der Waals surface area contributed by atoms with Crippen LogP contribution in [0.2, 0.25) is 5.02 Å². The Balaban J connectivity index is 1.85. The highest BCUT2D eigenvalue weighted by molar-refractivity contribution is 6.33. The Bertz CT molecular complexity index is 611. The van der Waals surface area contributed by atoms with Crippen molar-refractivity contribution < 1.29 is 4.74 Å². The van der Waals surface area contributed by atoms with E-state index in [1.165, 1.54) is 18.4 Å². The van der Waals surface area contributed by atoms with E-state index < -0.39 is 0 Å². The van der Waals surface area contributed by atoms with Gasteiger partial charge in [-0.2, -0.15) is 0 Å². The van der Waals surface area contributed by atoms with Crippen LogP contribution in [-0.2, 0) is 6.54 Å². The Morgan fingerprint density at radius 3 is 2.90 bits per heavy atom. The predicted octanol–water partition coefficient (Wildman–Crippen LogP) is 3.66. The summed E-state index contributed by atoms with van der Waals surface area (Å²) in [5.41, 5.74) is 2.88. The molecule has 1 N–H and O–H groups in total. The lowest BCUT2D eigenvalue weighted by Crippen LogP contribution is -2.15. The lowest BCUT2D eigenvalue weighted by molar-refractivity contribution is 0.415. The van der Waals surface area contributed by atoms with Gasteiger partial charge in [0.15, 0.2) is 0 Å². The van der Waals surface area contributed by atoms with E-state index in [2.05, 4.69) is 16.4 Å². The van der Waals surface area contributed by atoms with Crippen molar-refractivity contribution in [2.75, 3.05) is 7.11 Å². The zero-order chi connectivity index (χ0) is 13.9. The van der Waals surface area contributed by atoms with Gasteiger partial charge in [0.25, 0.3) is 0 Å². The third-order valence-electron chi connectivity index (χ3n) is 3.45. The first-order valence-electron chi connectivity index (χ1n) is 6.79. The maximum atomic E-state index is 6.40. The summed E-state index contributed by atoms with van der Waals surface area (Å²) in [5, 5.41) is 4.19. The number of rotatable bonds is 5. The van der Waals surface area contributed by atoms with Crippen molar-refractivity contribution in [1.82, 2.24) is 10.3 Å². The number of aromatic nitrogens is 1. The molecule has 1 aromatic heterocycles. The Hall–Kier alpha value is -1.58. The number of benzene rings is 1. The first-order chi connectivity index (χ1) is 9.78. The molecule has 1 fully saturated rings. The van der Waals surface area contributed by atoms with Gasteiger partial charge >= 0.3 is 0 Å². The lowest BCUT2D eigenvalue weighted by atomic mass is 10.1. The zero-order valence-corrected chi connectivity index (χ0v) is 12.2. The summed E-state index contributed by atoms with van der Waals surface area (Å²) in [5.74, 6) is 0.734. The molecule has 1 aromatic carbocycles. The minimum Gasteiger partial charge on any atom is -0.494 e. The molecular weight excluding hydrogens is 272 g/mol. The van der Waals surface area contributed by atoms with Crippen molar-refractivity contribution in [3.05, 3.63) is 47.1 Å². The summed E-state index contributed by atoms with van der Waals surface area (Å²) < 4.78 is 5.34. The molecule has 1 saturated carbocycles. The zero-order valence-electron chi connectivity index (χ0n) is 11.4. The first-order valence-corrected chi connectivity index (χ1v) is 7.17.